The molecular weight excluding hydrogens is 464 g/mol. The Morgan fingerprint density at radius 1 is 0.649 bits per heavy atom. The highest BCUT2D eigenvalue weighted by atomic mass is 16.6. The van der Waals surface area contributed by atoms with Crippen molar-refractivity contribution >= 4 is 0 Å². The van der Waals surface area contributed by atoms with Gasteiger partial charge in [-0.25, -0.2) is 0 Å². The summed E-state index contributed by atoms with van der Waals surface area (Å²) in [7, 11) is 0. The minimum Gasteiger partial charge on any atom is -0.388 e. The van der Waals surface area contributed by atoms with Gasteiger partial charge in [-0.3, -0.25) is 0 Å². The van der Waals surface area contributed by atoms with Gasteiger partial charge >= 0.3 is 0 Å². The summed E-state index contributed by atoms with van der Waals surface area (Å²) in [6.45, 7) is 8.06. The first-order valence-corrected chi connectivity index (χ1v) is 13.2. The molecule has 1 fully saturated rings. The van der Waals surface area contributed by atoms with Crippen molar-refractivity contribution in [1.82, 2.24) is 0 Å². The molecule has 3 aromatic rings. The average Bonchev–Trinajstić information content (AvgIpc) is 2.90. The van der Waals surface area contributed by atoms with Crippen molar-refractivity contribution in [2.75, 3.05) is 6.61 Å². The maximum atomic E-state index is 11.5. The molecule has 0 amide bonds. The molecule has 1 aliphatic rings. The number of aliphatic hydroxyl groups is 1. The third-order valence-corrected chi connectivity index (χ3v) is 6.54. The van der Waals surface area contributed by atoms with Crippen LogP contribution in [0.5, 0.6) is 0 Å². The summed E-state index contributed by atoms with van der Waals surface area (Å²) in [6.07, 6.45) is -1.96. The van der Waals surface area contributed by atoms with Crippen LogP contribution in [0.2, 0.25) is 0 Å². The lowest BCUT2D eigenvalue weighted by Crippen LogP contribution is -2.60. The second-order valence-corrected chi connectivity index (χ2v) is 11.0. The maximum Gasteiger partial charge on any atom is 0.115 e. The van der Waals surface area contributed by atoms with E-state index in [0.717, 1.165) is 16.7 Å². The molecule has 0 radical (unpaired) electrons. The first-order chi connectivity index (χ1) is 17.9. The van der Waals surface area contributed by atoms with E-state index in [1.54, 1.807) is 0 Å². The molecule has 5 atom stereocenters. The molecule has 5 nitrogen and oxygen atoms in total. The van der Waals surface area contributed by atoms with Gasteiger partial charge < -0.3 is 24.1 Å². The topological polar surface area (TPSA) is 57.2 Å². The van der Waals surface area contributed by atoms with Crippen molar-refractivity contribution in [3.63, 3.8) is 0 Å². The van der Waals surface area contributed by atoms with Gasteiger partial charge in [0.05, 0.1) is 32.5 Å². The molecule has 0 unspecified atom stereocenters. The van der Waals surface area contributed by atoms with E-state index < -0.39 is 18.3 Å². The summed E-state index contributed by atoms with van der Waals surface area (Å²) in [5.74, 6) is 0. The maximum absolute atomic E-state index is 11.5. The predicted octanol–water partition coefficient (Wildman–Crippen LogP) is 5.94. The SMILES string of the molecule is CC(C)(C)C[C@H]1O[C@H](COCc2ccccc2)[C@@H](OCc2ccccc2)[C@H](OCc2ccccc2)[C@H]1O. The Hall–Kier alpha value is -2.54. The Morgan fingerprint density at radius 3 is 1.59 bits per heavy atom. The summed E-state index contributed by atoms with van der Waals surface area (Å²) >= 11 is 0. The van der Waals surface area contributed by atoms with Crippen molar-refractivity contribution in [2.24, 2.45) is 5.41 Å². The molecule has 198 valence electrons. The second kappa shape index (κ2) is 13.3. The van der Waals surface area contributed by atoms with Crippen molar-refractivity contribution in [1.29, 1.82) is 0 Å². The number of ether oxygens (including phenoxy) is 4. The Morgan fingerprint density at radius 2 is 1.11 bits per heavy atom. The second-order valence-electron chi connectivity index (χ2n) is 11.0. The van der Waals surface area contributed by atoms with E-state index in [2.05, 4.69) is 20.8 Å². The molecule has 0 aromatic heterocycles. The molecule has 0 bridgehead atoms. The molecule has 0 spiro atoms. The van der Waals surface area contributed by atoms with Crippen LogP contribution >= 0.6 is 0 Å². The van der Waals surface area contributed by atoms with Gasteiger partial charge in [-0.2, -0.15) is 0 Å². The Kier molecular flexibility index (Phi) is 9.89. The van der Waals surface area contributed by atoms with Crippen LogP contribution in [0.25, 0.3) is 0 Å². The van der Waals surface area contributed by atoms with Crippen LogP contribution < -0.4 is 0 Å². The third-order valence-electron chi connectivity index (χ3n) is 6.54. The predicted molar refractivity (Wildman–Crippen MR) is 145 cm³/mol. The highest BCUT2D eigenvalue weighted by molar-refractivity contribution is 5.15. The van der Waals surface area contributed by atoms with Crippen molar-refractivity contribution in [2.45, 2.75) is 77.5 Å². The smallest absolute Gasteiger partial charge is 0.115 e. The standard InChI is InChI=1S/C32H40O5/c1-32(2,3)19-27-29(33)31(36-22-26-17-11-6-12-18-26)30(35-21-25-15-9-5-10-16-25)28(37-27)23-34-20-24-13-7-4-8-14-24/h4-18,27-31,33H,19-23H2,1-3H3/t27-,28-,29+,30-,31-/m1/s1. The van der Waals surface area contributed by atoms with Gasteiger partial charge in [-0.15, -0.1) is 0 Å². The van der Waals surface area contributed by atoms with E-state index in [1.807, 2.05) is 91.0 Å². The number of hydrogen-bond acceptors (Lipinski definition) is 5. The fourth-order valence-electron chi connectivity index (χ4n) is 4.70. The molecule has 37 heavy (non-hydrogen) atoms. The highest BCUT2D eigenvalue weighted by Gasteiger charge is 2.47. The number of benzene rings is 3. The lowest BCUT2D eigenvalue weighted by molar-refractivity contribution is -0.265. The highest BCUT2D eigenvalue weighted by Crippen LogP contribution is 2.34. The van der Waals surface area contributed by atoms with Crippen LogP contribution in [0.4, 0.5) is 0 Å². The van der Waals surface area contributed by atoms with Crippen LogP contribution in [0.15, 0.2) is 91.0 Å². The molecule has 1 aliphatic heterocycles. The zero-order valence-electron chi connectivity index (χ0n) is 22.2. The summed E-state index contributed by atoms with van der Waals surface area (Å²) < 4.78 is 25.5. The van der Waals surface area contributed by atoms with Gasteiger partial charge in [0.25, 0.3) is 0 Å². The minimum absolute atomic E-state index is 0.0250. The van der Waals surface area contributed by atoms with E-state index in [1.165, 1.54) is 0 Å². The Balaban J connectivity index is 1.54. The van der Waals surface area contributed by atoms with E-state index >= 15 is 0 Å². The molecule has 1 N–H and O–H groups in total. The lowest BCUT2D eigenvalue weighted by Gasteiger charge is -2.46. The fraction of sp³-hybridized carbons (Fsp3) is 0.438. The van der Waals surface area contributed by atoms with Gasteiger partial charge in [0.15, 0.2) is 0 Å². The monoisotopic (exact) mass is 504 g/mol. The van der Waals surface area contributed by atoms with E-state index in [0.29, 0.717) is 32.8 Å². The molecule has 1 saturated heterocycles. The van der Waals surface area contributed by atoms with Gasteiger partial charge in [-0.05, 0) is 28.5 Å². The zero-order valence-corrected chi connectivity index (χ0v) is 22.2. The average molecular weight is 505 g/mol. The molecular formula is C32H40O5. The summed E-state index contributed by atoms with van der Waals surface area (Å²) in [4.78, 5) is 0. The number of hydrogen-bond donors (Lipinski definition) is 1. The first-order valence-electron chi connectivity index (χ1n) is 13.2. The van der Waals surface area contributed by atoms with E-state index in [9.17, 15) is 5.11 Å². The van der Waals surface area contributed by atoms with Crippen LogP contribution in [-0.2, 0) is 38.8 Å². The van der Waals surface area contributed by atoms with Crippen LogP contribution in [0.1, 0.15) is 43.9 Å². The largest absolute Gasteiger partial charge is 0.388 e. The Bertz CT molecular complexity index is 1040. The molecule has 5 heteroatoms. The van der Waals surface area contributed by atoms with Gasteiger partial charge in [-0.1, -0.05) is 112 Å². The lowest BCUT2D eigenvalue weighted by atomic mass is 9.83. The summed E-state index contributed by atoms with van der Waals surface area (Å²) in [6, 6.07) is 30.1. The third kappa shape index (κ3) is 8.49. The summed E-state index contributed by atoms with van der Waals surface area (Å²) in [5, 5.41) is 11.5. The molecule has 4 rings (SSSR count). The van der Waals surface area contributed by atoms with Gasteiger partial charge in [0.2, 0.25) is 0 Å². The van der Waals surface area contributed by atoms with Crippen LogP contribution in [0, 0.1) is 5.41 Å². The van der Waals surface area contributed by atoms with Crippen molar-refractivity contribution in [3.8, 4) is 0 Å². The Labute approximate surface area is 221 Å². The number of aliphatic hydroxyl groups excluding tert-OH is 1. The van der Waals surface area contributed by atoms with E-state index in [-0.39, 0.29) is 17.6 Å². The van der Waals surface area contributed by atoms with Crippen molar-refractivity contribution in [3.05, 3.63) is 108 Å². The van der Waals surface area contributed by atoms with E-state index in [4.69, 9.17) is 18.9 Å². The molecule has 3 aromatic carbocycles. The zero-order chi connectivity index (χ0) is 26.1. The number of rotatable bonds is 11. The van der Waals surface area contributed by atoms with Crippen molar-refractivity contribution < 1.29 is 24.1 Å². The molecule has 0 aliphatic carbocycles. The first kappa shape index (κ1) is 27.5. The van der Waals surface area contributed by atoms with Crippen LogP contribution in [-0.4, -0.2) is 42.2 Å². The molecule has 1 heterocycles. The van der Waals surface area contributed by atoms with Gasteiger partial charge in [0.1, 0.15) is 24.4 Å². The summed E-state index contributed by atoms with van der Waals surface area (Å²) in [5.41, 5.74) is 3.18. The van der Waals surface area contributed by atoms with Gasteiger partial charge in [0, 0.05) is 0 Å². The quantitative estimate of drug-likeness (QED) is 0.350. The normalized spacial score (nSPS) is 24.2. The molecule has 0 saturated carbocycles. The fourth-order valence-corrected chi connectivity index (χ4v) is 4.70. The minimum atomic E-state index is -0.825. The van der Waals surface area contributed by atoms with Crippen LogP contribution in [0.3, 0.4) is 0 Å².